The SMILES string of the molecule is O=C(O)CC1Oc2ccccc2N(Cc2nc3c(Cl)cccc3s2)C1=O. The Morgan fingerprint density at radius 2 is 2.08 bits per heavy atom. The Morgan fingerprint density at radius 3 is 2.85 bits per heavy atom. The highest BCUT2D eigenvalue weighted by atomic mass is 35.5. The van der Waals surface area contributed by atoms with E-state index in [0.717, 1.165) is 4.70 Å². The van der Waals surface area contributed by atoms with Crippen molar-refractivity contribution in [2.75, 3.05) is 4.90 Å². The molecule has 1 atom stereocenters. The molecule has 1 aromatic heterocycles. The molecule has 1 unspecified atom stereocenters. The first kappa shape index (κ1) is 16.8. The van der Waals surface area contributed by atoms with E-state index < -0.39 is 24.4 Å². The lowest BCUT2D eigenvalue weighted by Crippen LogP contribution is -2.46. The molecule has 0 bridgehead atoms. The predicted molar refractivity (Wildman–Crippen MR) is 98.9 cm³/mol. The molecule has 0 spiro atoms. The third-order valence-electron chi connectivity index (χ3n) is 4.03. The predicted octanol–water partition coefficient (Wildman–Crippen LogP) is 3.72. The number of halogens is 1. The molecule has 1 aliphatic rings. The molecule has 2 aromatic carbocycles. The number of para-hydroxylation sites is 3. The van der Waals surface area contributed by atoms with Crippen molar-refractivity contribution in [2.45, 2.75) is 19.1 Å². The number of nitrogens with zero attached hydrogens (tertiary/aromatic N) is 2. The molecule has 1 amide bonds. The monoisotopic (exact) mass is 388 g/mol. The van der Waals surface area contributed by atoms with Crippen molar-refractivity contribution in [2.24, 2.45) is 0 Å². The minimum atomic E-state index is -1.09. The van der Waals surface area contributed by atoms with Gasteiger partial charge in [-0.2, -0.15) is 0 Å². The Kier molecular flexibility index (Phi) is 4.26. The summed E-state index contributed by atoms with van der Waals surface area (Å²) in [5, 5.41) is 10.3. The highest BCUT2D eigenvalue weighted by molar-refractivity contribution is 7.18. The van der Waals surface area contributed by atoms with E-state index in [1.54, 1.807) is 30.3 Å². The van der Waals surface area contributed by atoms with E-state index in [0.29, 0.717) is 27.0 Å². The van der Waals surface area contributed by atoms with Gasteiger partial charge in [0.05, 0.1) is 28.4 Å². The van der Waals surface area contributed by atoms with Crippen molar-refractivity contribution in [3.8, 4) is 5.75 Å². The van der Waals surface area contributed by atoms with Gasteiger partial charge in [-0.05, 0) is 24.3 Å². The first-order valence-corrected chi connectivity index (χ1v) is 9.05. The van der Waals surface area contributed by atoms with E-state index in [1.807, 2.05) is 12.1 Å². The number of thiazole rings is 1. The summed E-state index contributed by atoms with van der Waals surface area (Å²) in [5.41, 5.74) is 1.30. The molecule has 6 nitrogen and oxygen atoms in total. The van der Waals surface area contributed by atoms with Crippen LogP contribution in [0.5, 0.6) is 5.75 Å². The molecular formula is C18H13ClN2O4S. The third-order valence-corrected chi connectivity index (χ3v) is 5.34. The molecule has 0 fully saturated rings. The van der Waals surface area contributed by atoms with Crippen LogP contribution in [0.15, 0.2) is 42.5 Å². The number of aliphatic carboxylic acids is 1. The van der Waals surface area contributed by atoms with Crippen molar-refractivity contribution in [3.63, 3.8) is 0 Å². The number of hydrogen-bond donors (Lipinski definition) is 1. The number of aromatic nitrogens is 1. The molecule has 4 rings (SSSR count). The highest BCUT2D eigenvalue weighted by Crippen LogP contribution is 2.36. The van der Waals surface area contributed by atoms with Crippen LogP contribution >= 0.6 is 22.9 Å². The van der Waals surface area contributed by atoms with Crippen LogP contribution in [0.25, 0.3) is 10.2 Å². The van der Waals surface area contributed by atoms with Crippen LogP contribution in [0.2, 0.25) is 5.02 Å². The topological polar surface area (TPSA) is 79.7 Å². The van der Waals surface area contributed by atoms with Crippen LogP contribution in [-0.4, -0.2) is 28.1 Å². The number of benzene rings is 2. The molecule has 1 aliphatic heterocycles. The zero-order valence-corrected chi connectivity index (χ0v) is 15.0. The average Bonchev–Trinajstić information content (AvgIpc) is 3.02. The van der Waals surface area contributed by atoms with E-state index in [-0.39, 0.29) is 6.54 Å². The van der Waals surface area contributed by atoms with Gasteiger partial charge in [0.1, 0.15) is 16.3 Å². The molecule has 0 radical (unpaired) electrons. The number of hydrogen-bond acceptors (Lipinski definition) is 5. The van der Waals surface area contributed by atoms with Gasteiger partial charge in [0.15, 0.2) is 6.10 Å². The lowest BCUT2D eigenvalue weighted by Gasteiger charge is -2.33. The number of amides is 1. The maximum atomic E-state index is 12.8. The molecule has 0 saturated carbocycles. The number of rotatable bonds is 4. The quantitative estimate of drug-likeness (QED) is 0.736. The van der Waals surface area contributed by atoms with Crippen LogP contribution in [-0.2, 0) is 16.1 Å². The minimum Gasteiger partial charge on any atom is -0.481 e. The summed E-state index contributed by atoms with van der Waals surface area (Å²) in [7, 11) is 0. The van der Waals surface area contributed by atoms with Gasteiger partial charge in [0.25, 0.3) is 5.91 Å². The van der Waals surface area contributed by atoms with Crippen LogP contribution in [0.1, 0.15) is 11.4 Å². The van der Waals surface area contributed by atoms with Crippen molar-refractivity contribution in [3.05, 3.63) is 52.5 Å². The maximum Gasteiger partial charge on any atom is 0.307 e. The van der Waals surface area contributed by atoms with E-state index in [4.69, 9.17) is 21.4 Å². The molecule has 26 heavy (non-hydrogen) atoms. The van der Waals surface area contributed by atoms with Crippen molar-refractivity contribution in [1.82, 2.24) is 4.98 Å². The smallest absolute Gasteiger partial charge is 0.307 e. The zero-order chi connectivity index (χ0) is 18.3. The summed E-state index contributed by atoms with van der Waals surface area (Å²) in [6.45, 7) is 0.227. The first-order valence-electron chi connectivity index (χ1n) is 7.85. The molecule has 3 aromatic rings. The summed E-state index contributed by atoms with van der Waals surface area (Å²) < 4.78 is 6.52. The van der Waals surface area contributed by atoms with Gasteiger partial charge in [-0.1, -0.05) is 29.8 Å². The van der Waals surface area contributed by atoms with Gasteiger partial charge in [0.2, 0.25) is 0 Å². The number of carbonyl (C=O) groups excluding carboxylic acids is 1. The van der Waals surface area contributed by atoms with Crippen molar-refractivity contribution < 1.29 is 19.4 Å². The Labute approximate surface area is 157 Å². The molecular weight excluding hydrogens is 376 g/mol. The lowest BCUT2D eigenvalue weighted by atomic mass is 10.1. The summed E-state index contributed by atoms with van der Waals surface area (Å²) in [6, 6.07) is 12.6. The second-order valence-electron chi connectivity index (χ2n) is 5.79. The lowest BCUT2D eigenvalue weighted by molar-refractivity contribution is -0.142. The molecule has 1 N–H and O–H groups in total. The maximum absolute atomic E-state index is 12.8. The Balaban J connectivity index is 1.71. The van der Waals surface area contributed by atoms with Gasteiger partial charge in [-0.25, -0.2) is 4.98 Å². The fourth-order valence-corrected chi connectivity index (χ4v) is 4.15. The molecule has 0 aliphatic carbocycles. The number of carboxylic acids is 1. The Morgan fingerprint density at radius 1 is 1.27 bits per heavy atom. The number of carbonyl (C=O) groups is 2. The van der Waals surface area contributed by atoms with Gasteiger partial charge in [-0.3, -0.25) is 14.5 Å². The Hall–Kier alpha value is -2.64. The second-order valence-corrected chi connectivity index (χ2v) is 7.31. The van der Waals surface area contributed by atoms with E-state index >= 15 is 0 Å². The van der Waals surface area contributed by atoms with Gasteiger partial charge in [0, 0.05) is 0 Å². The fraction of sp³-hybridized carbons (Fsp3) is 0.167. The van der Waals surface area contributed by atoms with Crippen molar-refractivity contribution in [1.29, 1.82) is 0 Å². The summed E-state index contributed by atoms with van der Waals surface area (Å²) in [4.78, 5) is 29.9. The average molecular weight is 389 g/mol. The first-order chi connectivity index (χ1) is 12.5. The highest BCUT2D eigenvalue weighted by Gasteiger charge is 2.36. The molecule has 8 heteroatoms. The van der Waals surface area contributed by atoms with Crippen LogP contribution in [0, 0.1) is 0 Å². The summed E-state index contributed by atoms with van der Waals surface area (Å²) in [5.74, 6) is -0.997. The number of carboxylic acid groups (broad SMARTS) is 1. The van der Waals surface area contributed by atoms with E-state index in [2.05, 4.69) is 4.98 Å². The van der Waals surface area contributed by atoms with Crippen LogP contribution in [0.3, 0.4) is 0 Å². The van der Waals surface area contributed by atoms with Crippen molar-refractivity contribution >= 4 is 50.7 Å². The molecule has 132 valence electrons. The normalized spacial score (nSPS) is 16.4. The number of fused-ring (bicyclic) bond motifs is 2. The van der Waals surface area contributed by atoms with E-state index in [9.17, 15) is 9.59 Å². The number of ether oxygens (including phenoxy) is 1. The number of anilines is 1. The fourth-order valence-electron chi connectivity index (χ4n) is 2.89. The van der Waals surface area contributed by atoms with Gasteiger partial charge < -0.3 is 9.84 Å². The van der Waals surface area contributed by atoms with Crippen LogP contribution in [0.4, 0.5) is 5.69 Å². The molecule has 0 saturated heterocycles. The zero-order valence-electron chi connectivity index (χ0n) is 13.4. The van der Waals surface area contributed by atoms with Gasteiger partial charge >= 0.3 is 5.97 Å². The van der Waals surface area contributed by atoms with Crippen LogP contribution < -0.4 is 9.64 Å². The largest absolute Gasteiger partial charge is 0.481 e. The Bertz CT molecular complexity index is 1020. The van der Waals surface area contributed by atoms with Gasteiger partial charge in [-0.15, -0.1) is 11.3 Å². The molecule has 2 heterocycles. The third kappa shape index (κ3) is 3.00. The standard InChI is InChI=1S/C18H13ClN2O4S/c19-10-4-3-7-14-17(10)20-15(26-14)9-21-11-5-1-2-6-12(11)25-13(18(21)24)8-16(22)23/h1-7,13H,8-9H2,(H,22,23). The second kappa shape index (κ2) is 6.59. The van der Waals surface area contributed by atoms with E-state index in [1.165, 1.54) is 16.2 Å². The minimum absolute atomic E-state index is 0.227. The summed E-state index contributed by atoms with van der Waals surface area (Å²) >= 11 is 7.63. The summed E-state index contributed by atoms with van der Waals surface area (Å²) in [6.07, 6.45) is -1.45.